The number of halogens is 1. The zero-order chi connectivity index (χ0) is 14.3. The van der Waals surface area contributed by atoms with Crippen LogP contribution in [0.3, 0.4) is 0 Å². The normalized spacial score (nSPS) is 14.8. The summed E-state index contributed by atoms with van der Waals surface area (Å²) in [7, 11) is 1.58. The van der Waals surface area contributed by atoms with E-state index < -0.39 is 6.10 Å². The fraction of sp³-hybridized carbons (Fsp3) is 0.214. The van der Waals surface area contributed by atoms with Gasteiger partial charge in [-0.15, -0.1) is 11.3 Å². The maximum absolute atomic E-state index is 11.4. The molecule has 2 heterocycles. The van der Waals surface area contributed by atoms with E-state index in [1.54, 1.807) is 25.3 Å². The molecule has 0 bridgehead atoms. The van der Waals surface area contributed by atoms with Crippen LogP contribution in [0.2, 0.25) is 5.02 Å². The molecule has 3 rings (SSSR count). The van der Waals surface area contributed by atoms with Crippen LogP contribution in [0.1, 0.15) is 22.1 Å². The zero-order valence-corrected chi connectivity index (χ0v) is 12.2. The number of rotatable bonds is 3. The van der Waals surface area contributed by atoms with Crippen LogP contribution >= 0.6 is 22.9 Å². The average Bonchev–Trinajstić information content (AvgIpc) is 3.02. The van der Waals surface area contributed by atoms with E-state index >= 15 is 0 Å². The van der Waals surface area contributed by atoms with Crippen LogP contribution in [-0.2, 0) is 11.2 Å². The number of carbonyl (C=O) groups is 1. The molecule has 0 radical (unpaired) electrons. The van der Waals surface area contributed by atoms with Gasteiger partial charge in [-0.05, 0) is 23.8 Å². The lowest BCUT2D eigenvalue weighted by molar-refractivity contribution is -0.115. The van der Waals surface area contributed by atoms with Gasteiger partial charge in [-0.1, -0.05) is 11.6 Å². The average molecular weight is 310 g/mol. The second-order valence-corrected chi connectivity index (χ2v) is 5.90. The summed E-state index contributed by atoms with van der Waals surface area (Å²) >= 11 is 7.61. The number of nitrogens with one attached hydrogen (secondary N) is 1. The Balaban J connectivity index is 1.97. The highest BCUT2D eigenvalue weighted by Gasteiger charge is 2.23. The van der Waals surface area contributed by atoms with Crippen LogP contribution in [0, 0.1) is 0 Å². The molecule has 2 N–H and O–H groups in total. The van der Waals surface area contributed by atoms with Crippen molar-refractivity contribution in [1.82, 2.24) is 0 Å². The number of hydrogen-bond donors (Lipinski definition) is 2. The topological polar surface area (TPSA) is 58.6 Å². The van der Waals surface area contributed by atoms with Crippen LogP contribution in [0.5, 0.6) is 5.75 Å². The number of ether oxygens (including phenoxy) is 1. The second-order valence-electron chi connectivity index (χ2n) is 4.55. The van der Waals surface area contributed by atoms with Gasteiger partial charge < -0.3 is 15.2 Å². The number of methoxy groups -OCH3 is 1. The summed E-state index contributed by atoms with van der Waals surface area (Å²) in [5.41, 5.74) is 2.18. The molecule has 4 nitrogen and oxygen atoms in total. The highest BCUT2D eigenvalue weighted by molar-refractivity contribution is 7.10. The quantitative estimate of drug-likeness (QED) is 0.916. The molecule has 2 aromatic rings. The molecule has 1 atom stereocenters. The van der Waals surface area contributed by atoms with E-state index in [4.69, 9.17) is 16.3 Å². The van der Waals surface area contributed by atoms with Gasteiger partial charge in [0.2, 0.25) is 5.91 Å². The molecule has 1 aromatic carbocycles. The van der Waals surface area contributed by atoms with Gasteiger partial charge in [-0.3, -0.25) is 4.79 Å². The van der Waals surface area contributed by atoms with Crippen molar-refractivity contribution >= 4 is 34.5 Å². The van der Waals surface area contributed by atoms with Gasteiger partial charge in [0.1, 0.15) is 11.9 Å². The Hall–Kier alpha value is -1.56. The van der Waals surface area contributed by atoms with Crippen LogP contribution in [0.25, 0.3) is 0 Å². The maximum Gasteiger partial charge on any atom is 0.228 e. The fourth-order valence-electron chi connectivity index (χ4n) is 2.21. The predicted molar refractivity (Wildman–Crippen MR) is 78.7 cm³/mol. The lowest BCUT2D eigenvalue weighted by atomic mass is 10.0. The van der Waals surface area contributed by atoms with Crippen molar-refractivity contribution in [2.24, 2.45) is 0 Å². The third-order valence-corrected chi connectivity index (χ3v) is 4.53. The number of carbonyl (C=O) groups excluding carboxylic acids is 1. The standard InChI is InChI=1S/C14H12ClNO3S/c1-19-8-4-12(20-6-8)14(18)9-2-7-3-13(17)16-11(7)5-10(9)15/h2,4-6,14,18H,3H2,1H3,(H,16,17). The molecule has 6 heteroatoms. The highest BCUT2D eigenvalue weighted by atomic mass is 35.5. The Labute approximate surface area is 125 Å². The zero-order valence-electron chi connectivity index (χ0n) is 10.6. The van der Waals surface area contributed by atoms with Crippen molar-refractivity contribution in [3.8, 4) is 5.75 Å². The van der Waals surface area contributed by atoms with E-state index in [9.17, 15) is 9.90 Å². The number of hydrogen-bond acceptors (Lipinski definition) is 4. The lowest BCUT2D eigenvalue weighted by Crippen LogP contribution is -2.03. The molecular formula is C14H12ClNO3S. The van der Waals surface area contributed by atoms with Crippen molar-refractivity contribution in [3.63, 3.8) is 0 Å². The van der Waals surface area contributed by atoms with Gasteiger partial charge in [0, 0.05) is 26.5 Å². The van der Waals surface area contributed by atoms with Gasteiger partial charge in [0.25, 0.3) is 0 Å². The smallest absolute Gasteiger partial charge is 0.228 e. The summed E-state index contributed by atoms with van der Waals surface area (Å²) in [6.45, 7) is 0. The molecule has 0 spiro atoms. The first-order chi connectivity index (χ1) is 9.58. The van der Waals surface area contributed by atoms with Gasteiger partial charge in [-0.25, -0.2) is 0 Å². The van der Waals surface area contributed by atoms with E-state index in [0.29, 0.717) is 22.8 Å². The summed E-state index contributed by atoms with van der Waals surface area (Å²) in [5, 5.41) is 15.4. The third kappa shape index (κ3) is 2.28. The van der Waals surface area contributed by atoms with Gasteiger partial charge in [-0.2, -0.15) is 0 Å². The Morgan fingerprint density at radius 3 is 2.95 bits per heavy atom. The van der Waals surface area contributed by atoms with Crippen LogP contribution in [0.4, 0.5) is 5.69 Å². The molecule has 1 aliphatic heterocycles. The Morgan fingerprint density at radius 1 is 1.45 bits per heavy atom. The molecule has 104 valence electrons. The highest BCUT2D eigenvalue weighted by Crippen LogP contribution is 2.37. The number of thiophene rings is 1. The number of amides is 1. The Morgan fingerprint density at radius 2 is 2.25 bits per heavy atom. The molecule has 1 aliphatic rings. The molecular weight excluding hydrogens is 298 g/mol. The monoisotopic (exact) mass is 309 g/mol. The van der Waals surface area contributed by atoms with Crippen molar-refractivity contribution in [2.75, 3.05) is 12.4 Å². The minimum Gasteiger partial charge on any atom is -0.496 e. The minimum absolute atomic E-state index is 0.0551. The van der Waals surface area contributed by atoms with E-state index in [1.165, 1.54) is 11.3 Å². The summed E-state index contributed by atoms with van der Waals surface area (Å²) in [5.74, 6) is 0.652. The van der Waals surface area contributed by atoms with E-state index in [1.807, 2.05) is 5.38 Å². The van der Waals surface area contributed by atoms with E-state index in [0.717, 1.165) is 16.1 Å². The summed E-state index contributed by atoms with van der Waals surface area (Å²) in [4.78, 5) is 12.1. The number of aliphatic hydroxyl groups excluding tert-OH is 1. The van der Waals surface area contributed by atoms with Crippen molar-refractivity contribution in [2.45, 2.75) is 12.5 Å². The Bertz CT molecular complexity index is 683. The van der Waals surface area contributed by atoms with Crippen molar-refractivity contribution in [1.29, 1.82) is 0 Å². The van der Waals surface area contributed by atoms with Crippen LogP contribution in [-0.4, -0.2) is 18.1 Å². The lowest BCUT2D eigenvalue weighted by Gasteiger charge is -2.12. The van der Waals surface area contributed by atoms with Gasteiger partial charge >= 0.3 is 0 Å². The Kier molecular flexibility index (Phi) is 3.41. The molecule has 1 amide bonds. The summed E-state index contributed by atoms with van der Waals surface area (Å²) < 4.78 is 5.11. The molecule has 1 unspecified atom stereocenters. The number of fused-ring (bicyclic) bond motifs is 1. The molecule has 20 heavy (non-hydrogen) atoms. The van der Waals surface area contributed by atoms with E-state index in [2.05, 4.69) is 5.32 Å². The molecule has 0 fully saturated rings. The third-order valence-electron chi connectivity index (χ3n) is 3.24. The molecule has 1 aromatic heterocycles. The number of benzene rings is 1. The maximum atomic E-state index is 11.4. The van der Waals surface area contributed by atoms with Crippen LogP contribution < -0.4 is 10.1 Å². The molecule has 0 aliphatic carbocycles. The first kappa shape index (κ1) is 13.4. The second kappa shape index (κ2) is 5.09. The molecule has 0 saturated heterocycles. The fourth-order valence-corrected chi connectivity index (χ4v) is 3.34. The van der Waals surface area contributed by atoms with E-state index in [-0.39, 0.29) is 5.91 Å². The molecule has 0 saturated carbocycles. The summed E-state index contributed by atoms with van der Waals surface area (Å²) in [6, 6.07) is 5.25. The predicted octanol–water partition coefficient (Wildman–Crippen LogP) is 2.99. The van der Waals surface area contributed by atoms with Crippen LogP contribution in [0.15, 0.2) is 23.6 Å². The van der Waals surface area contributed by atoms with Crippen molar-refractivity contribution < 1.29 is 14.6 Å². The van der Waals surface area contributed by atoms with Gasteiger partial charge in [0.15, 0.2) is 0 Å². The first-order valence-electron chi connectivity index (χ1n) is 6.01. The number of aliphatic hydroxyl groups is 1. The van der Waals surface area contributed by atoms with Gasteiger partial charge in [0.05, 0.1) is 13.5 Å². The first-order valence-corrected chi connectivity index (χ1v) is 7.27. The minimum atomic E-state index is -0.822. The largest absolute Gasteiger partial charge is 0.496 e. The number of anilines is 1. The summed E-state index contributed by atoms with van der Waals surface area (Å²) in [6.07, 6.45) is -0.502. The SMILES string of the molecule is COc1csc(C(O)c2cc3c(cc2Cl)NC(=O)C3)c1. The van der Waals surface area contributed by atoms with Crippen molar-refractivity contribution in [3.05, 3.63) is 44.6 Å².